The third-order valence-electron chi connectivity index (χ3n) is 3.38. The molecular formula is C13H14BrNO5. The van der Waals surface area contributed by atoms with Gasteiger partial charge in [0.1, 0.15) is 11.7 Å². The van der Waals surface area contributed by atoms with Crippen molar-refractivity contribution in [2.45, 2.75) is 6.04 Å². The lowest BCUT2D eigenvalue weighted by Gasteiger charge is -2.26. The lowest BCUT2D eigenvalue weighted by Crippen LogP contribution is -2.44. The van der Waals surface area contributed by atoms with Crippen molar-refractivity contribution in [3.63, 3.8) is 0 Å². The van der Waals surface area contributed by atoms with Gasteiger partial charge < -0.3 is 19.8 Å². The molecule has 20 heavy (non-hydrogen) atoms. The van der Waals surface area contributed by atoms with Crippen LogP contribution in [0.15, 0.2) is 22.7 Å². The van der Waals surface area contributed by atoms with Crippen LogP contribution in [0.4, 0.5) is 0 Å². The molecule has 1 aromatic rings. The van der Waals surface area contributed by atoms with Crippen LogP contribution in [0.25, 0.3) is 0 Å². The molecule has 1 aromatic carbocycles. The summed E-state index contributed by atoms with van der Waals surface area (Å²) >= 11 is 3.19. The number of hydrogen-bond donors (Lipinski definition) is 2. The van der Waals surface area contributed by atoms with Crippen LogP contribution in [0, 0.1) is 5.92 Å². The van der Waals surface area contributed by atoms with E-state index in [0.29, 0.717) is 4.47 Å². The van der Waals surface area contributed by atoms with Gasteiger partial charge >= 0.3 is 5.97 Å². The lowest BCUT2D eigenvalue weighted by atomic mass is 10.0. The maximum atomic E-state index is 12.3. The number of phenolic OH excluding ortho intramolecular Hbond substituents is 1. The van der Waals surface area contributed by atoms with Gasteiger partial charge in [-0.25, -0.2) is 0 Å². The number of aromatic hydroxyl groups is 1. The van der Waals surface area contributed by atoms with E-state index < -0.39 is 23.8 Å². The number of benzene rings is 1. The summed E-state index contributed by atoms with van der Waals surface area (Å²) in [6.45, 7) is 0.264. The number of phenols is 1. The molecule has 6 nitrogen and oxygen atoms in total. The van der Waals surface area contributed by atoms with Crippen molar-refractivity contribution in [2.75, 3.05) is 20.3 Å². The Balaban J connectivity index is 2.22. The summed E-state index contributed by atoms with van der Waals surface area (Å²) in [5.74, 6) is -2.33. The van der Waals surface area contributed by atoms with Crippen molar-refractivity contribution in [3.8, 4) is 5.75 Å². The third-order valence-corrected chi connectivity index (χ3v) is 3.87. The number of hydrogen-bond acceptors (Lipinski definition) is 4. The summed E-state index contributed by atoms with van der Waals surface area (Å²) in [5, 5.41) is 18.9. The summed E-state index contributed by atoms with van der Waals surface area (Å²) < 4.78 is 5.80. The number of halogens is 1. The number of ether oxygens (including phenoxy) is 1. The van der Waals surface area contributed by atoms with Gasteiger partial charge in [-0.2, -0.15) is 0 Å². The molecule has 7 heteroatoms. The Hall–Kier alpha value is -1.60. The zero-order chi connectivity index (χ0) is 14.9. The molecule has 1 aliphatic rings. The highest BCUT2D eigenvalue weighted by molar-refractivity contribution is 9.10. The smallest absolute Gasteiger partial charge is 0.311 e. The van der Waals surface area contributed by atoms with Gasteiger partial charge in [0.05, 0.1) is 24.8 Å². The Kier molecular flexibility index (Phi) is 4.29. The molecule has 0 radical (unpaired) electrons. The molecule has 0 saturated carbocycles. The summed E-state index contributed by atoms with van der Waals surface area (Å²) in [4.78, 5) is 24.8. The van der Waals surface area contributed by atoms with Crippen molar-refractivity contribution in [2.24, 2.45) is 5.92 Å². The largest absolute Gasteiger partial charge is 0.507 e. The molecule has 0 bridgehead atoms. The highest BCUT2D eigenvalue weighted by Gasteiger charge is 2.39. The topological polar surface area (TPSA) is 87.1 Å². The number of likely N-dealkylation sites (N-methyl/N-ethyl adjacent to an activating group) is 1. The van der Waals surface area contributed by atoms with E-state index in [-0.39, 0.29) is 24.5 Å². The molecule has 1 amide bonds. The molecule has 0 aromatic heterocycles. The van der Waals surface area contributed by atoms with E-state index in [2.05, 4.69) is 15.9 Å². The fourth-order valence-electron chi connectivity index (χ4n) is 2.19. The molecule has 2 unspecified atom stereocenters. The lowest BCUT2D eigenvalue weighted by molar-refractivity contribution is -0.142. The summed E-state index contributed by atoms with van der Waals surface area (Å²) in [6, 6.07) is 4.01. The summed E-state index contributed by atoms with van der Waals surface area (Å²) in [6.07, 6.45) is 0. The van der Waals surface area contributed by atoms with Crippen molar-refractivity contribution >= 4 is 27.8 Å². The van der Waals surface area contributed by atoms with E-state index in [0.717, 1.165) is 0 Å². The SMILES string of the molecule is CN(C(=O)c1ccc(Br)cc1O)C1COCC1C(=O)O. The van der Waals surface area contributed by atoms with Crippen LogP contribution < -0.4 is 0 Å². The van der Waals surface area contributed by atoms with E-state index in [1.54, 1.807) is 6.07 Å². The highest BCUT2D eigenvalue weighted by Crippen LogP contribution is 2.26. The fourth-order valence-corrected chi connectivity index (χ4v) is 2.54. The Labute approximate surface area is 124 Å². The van der Waals surface area contributed by atoms with E-state index in [1.165, 1.54) is 24.1 Å². The van der Waals surface area contributed by atoms with Crippen molar-refractivity contribution in [1.82, 2.24) is 4.90 Å². The second-order valence-corrected chi connectivity index (χ2v) is 5.54. The normalized spacial score (nSPS) is 21.7. The van der Waals surface area contributed by atoms with Crippen LogP contribution >= 0.6 is 15.9 Å². The van der Waals surface area contributed by atoms with Crippen molar-refractivity contribution < 1.29 is 24.5 Å². The van der Waals surface area contributed by atoms with E-state index >= 15 is 0 Å². The second kappa shape index (κ2) is 5.80. The van der Waals surface area contributed by atoms with Gasteiger partial charge in [-0.15, -0.1) is 0 Å². The number of carboxylic acid groups (broad SMARTS) is 1. The monoisotopic (exact) mass is 343 g/mol. The zero-order valence-electron chi connectivity index (χ0n) is 10.7. The van der Waals surface area contributed by atoms with Crippen LogP contribution in [0.1, 0.15) is 10.4 Å². The Bertz CT molecular complexity index is 548. The molecule has 1 heterocycles. The first-order valence-electron chi connectivity index (χ1n) is 5.98. The summed E-state index contributed by atoms with van der Waals surface area (Å²) in [5.41, 5.74) is 0.131. The average molecular weight is 344 g/mol. The average Bonchev–Trinajstić information content (AvgIpc) is 2.86. The van der Waals surface area contributed by atoms with Crippen LogP contribution in [0.3, 0.4) is 0 Å². The van der Waals surface area contributed by atoms with Crippen LogP contribution in [0.5, 0.6) is 5.75 Å². The Morgan fingerprint density at radius 2 is 2.10 bits per heavy atom. The van der Waals surface area contributed by atoms with Crippen LogP contribution in [-0.2, 0) is 9.53 Å². The molecule has 108 valence electrons. The molecule has 1 aliphatic heterocycles. The maximum absolute atomic E-state index is 12.3. The van der Waals surface area contributed by atoms with Crippen LogP contribution in [-0.4, -0.2) is 53.3 Å². The number of amides is 1. The number of carbonyl (C=O) groups is 2. The molecule has 1 saturated heterocycles. The predicted molar refractivity (Wildman–Crippen MR) is 73.6 cm³/mol. The first-order valence-corrected chi connectivity index (χ1v) is 6.77. The Morgan fingerprint density at radius 3 is 2.70 bits per heavy atom. The van der Waals surface area contributed by atoms with Crippen molar-refractivity contribution in [3.05, 3.63) is 28.2 Å². The molecule has 2 N–H and O–H groups in total. The van der Waals surface area contributed by atoms with E-state index in [1.807, 2.05) is 0 Å². The standard InChI is InChI=1S/C13H14BrNO5/c1-15(10-6-20-5-9(10)13(18)19)12(17)8-3-2-7(14)4-11(8)16/h2-4,9-10,16H,5-6H2,1H3,(H,18,19). The van der Waals surface area contributed by atoms with Crippen molar-refractivity contribution in [1.29, 1.82) is 0 Å². The molecule has 0 spiro atoms. The highest BCUT2D eigenvalue weighted by atomic mass is 79.9. The van der Waals surface area contributed by atoms with Gasteiger partial charge in [0, 0.05) is 11.5 Å². The summed E-state index contributed by atoms with van der Waals surface area (Å²) in [7, 11) is 1.51. The Morgan fingerprint density at radius 1 is 1.40 bits per heavy atom. The van der Waals surface area contributed by atoms with Gasteiger partial charge in [0.2, 0.25) is 0 Å². The predicted octanol–water partition coefficient (Wildman–Crippen LogP) is 1.33. The zero-order valence-corrected chi connectivity index (χ0v) is 12.3. The quantitative estimate of drug-likeness (QED) is 0.864. The van der Waals surface area contributed by atoms with E-state index in [9.17, 15) is 14.7 Å². The first kappa shape index (κ1) is 14.8. The first-order chi connectivity index (χ1) is 9.41. The van der Waals surface area contributed by atoms with Crippen LogP contribution in [0.2, 0.25) is 0 Å². The molecular weight excluding hydrogens is 330 g/mol. The number of carboxylic acids is 1. The van der Waals surface area contributed by atoms with Gasteiger partial charge in [-0.3, -0.25) is 9.59 Å². The van der Waals surface area contributed by atoms with Gasteiger partial charge in [-0.1, -0.05) is 15.9 Å². The number of nitrogens with zero attached hydrogens (tertiary/aromatic N) is 1. The minimum absolute atomic E-state index is 0.0872. The number of rotatable bonds is 3. The van der Waals surface area contributed by atoms with Gasteiger partial charge in [0.25, 0.3) is 5.91 Å². The third kappa shape index (κ3) is 2.78. The van der Waals surface area contributed by atoms with Gasteiger partial charge in [-0.05, 0) is 18.2 Å². The number of aliphatic carboxylic acids is 1. The van der Waals surface area contributed by atoms with Gasteiger partial charge in [0.15, 0.2) is 0 Å². The maximum Gasteiger partial charge on any atom is 0.311 e. The number of carbonyl (C=O) groups excluding carboxylic acids is 1. The van der Waals surface area contributed by atoms with E-state index in [4.69, 9.17) is 9.84 Å². The molecule has 2 rings (SSSR count). The fraction of sp³-hybridized carbons (Fsp3) is 0.385. The minimum atomic E-state index is -0.993. The second-order valence-electron chi connectivity index (χ2n) is 4.63. The molecule has 1 fully saturated rings. The molecule has 0 aliphatic carbocycles. The minimum Gasteiger partial charge on any atom is -0.507 e. The molecule has 2 atom stereocenters.